The summed E-state index contributed by atoms with van der Waals surface area (Å²) in [6.07, 6.45) is 3.86. The van der Waals surface area contributed by atoms with Gasteiger partial charge < -0.3 is 14.7 Å². The van der Waals surface area contributed by atoms with Crippen LogP contribution in [0.25, 0.3) is 0 Å². The SMILES string of the molecule is CC(C)N1CCC(c2ccccc2)CC1.CC(C)N1CCN(c2ccccc2)CC1.CC(C)N1CCN(c2ccccc2)CC1.CC(C)N1CCc2ccccc2C1. The molecule has 0 aliphatic carbocycles. The third kappa shape index (κ3) is 14.3. The van der Waals surface area contributed by atoms with Crippen LogP contribution in [0.1, 0.15) is 90.8 Å². The van der Waals surface area contributed by atoms with E-state index in [1.54, 1.807) is 5.56 Å². The summed E-state index contributed by atoms with van der Waals surface area (Å²) in [5.74, 6) is 0.793. The van der Waals surface area contributed by atoms with Crippen LogP contribution in [0, 0.1) is 0 Å². The number of hydrogen-bond donors (Lipinski definition) is 0. The first-order valence-electron chi connectivity index (χ1n) is 22.8. The third-order valence-corrected chi connectivity index (χ3v) is 12.8. The van der Waals surface area contributed by atoms with E-state index in [2.05, 4.69) is 200 Å². The number of para-hydroxylation sites is 2. The van der Waals surface area contributed by atoms with Crippen molar-refractivity contribution in [2.24, 2.45) is 0 Å². The van der Waals surface area contributed by atoms with Crippen molar-refractivity contribution in [3.05, 3.63) is 132 Å². The van der Waals surface area contributed by atoms with Gasteiger partial charge in [0, 0.05) is 101 Å². The molecule has 4 aromatic rings. The lowest BCUT2D eigenvalue weighted by molar-refractivity contribution is 0.172. The van der Waals surface area contributed by atoms with Crippen molar-refractivity contribution in [1.29, 1.82) is 0 Å². The van der Waals surface area contributed by atoms with Crippen LogP contribution in [-0.4, -0.2) is 116 Å². The Morgan fingerprint density at radius 2 is 0.724 bits per heavy atom. The number of rotatable bonds is 7. The summed E-state index contributed by atoms with van der Waals surface area (Å²) in [5.41, 5.74) is 7.31. The second-order valence-corrected chi connectivity index (χ2v) is 17.8. The molecule has 4 heterocycles. The molecular weight excluding hydrogens is 709 g/mol. The molecule has 0 atom stereocenters. The molecule has 4 aliphatic heterocycles. The Bertz CT molecular complexity index is 1500. The molecule has 0 bridgehead atoms. The number of benzene rings is 4. The number of nitrogens with zero attached hydrogens (tertiary/aromatic N) is 6. The lowest BCUT2D eigenvalue weighted by Gasteiger charge is -2.38. The minimum Gasteiger partial charge on any atom is -0.369 e. The van der Waals surface area contributed by atoms with E-state index >= 15 is 0 Å². The van der Waals surface area contributed by atoms with Gasteiger partial charge in [-0.25, -0.2) is 0 Å². The summed E-state index contributed by atoms with van der Waals surface area (Å²) in [7, 11) is 0. The topological polar surface area (TPSA) is 19.4 Å². The van der Waals surface area contributed by atoms with Crippen molar-refractivity contribution < 1.29 is 0 Å². The van der Waals surface area contributed by atoms with E-state index in [9.17, 15) is 0 Å². The molecule has 0 N–H and O–H groups in total. The number of piperazine rings is 2. The number of piperidine rings is 1. The third-order valence-electron chi connectivity index (χ3n) is 12.8. The molecule has 0 saturated carbocycles. The second kappa shape index (κ2) is 23.8. The van der Waals surface area contributed by atoms with Crippen molar-refractivity contribution >= 4 is 11.4 Å². The molecule has 316 valence electrons. The average molecular weight is 787 g/mol. The molecule has 8 rings (SSSR count). The Morgan fingerprint density at radius 1 is 0.362 bits per heavy atom. The summed E-state index contributed by atoms with van der Waals surface area (Å²) in [6, 6.07) is 43.9. The van der Waals surface area contributed by atoms with E-state index in [0.717, 1.165) is 38.6 Å². The van der Waals surface area contributed by atoms with E-state index in [1.165, 1.54) is 87.6 Å². The zero-order chi connectivity index (χ0) is 41.3. The molecule has 3 saturated heterocycles. The van der Waals surface area contributed by atoms with Gasteiger partial charge in [-0.15, -0.1) is 0 Å². The molecule has 0 spiro atoms. The Kier molecular flexibility index (Phi) is 18.6. The lowest BCUT2D eigenvalue weighted by Crippen LogP contribution is -2.48. The highest BCUT2D eigenvalue weighted by molar-refractivity contribution is 5.47. The molecule has 6 nitrogen and oxygen atoms in total. The van der Waals surface area contributed by atoms with E-state index in [1.807, 2.05) is 0 Å². The first-order valence-corrected chi connectivity index (χ1v) is 22.8. The van der Waals surface area contributed by atoms with Crippen LogP contribution in [0.3, 0.4) is 0 Å². The Labute approximate surface area is 354 Å². The van der Waals surface area contributed by atoms with E-state index in [0.29, 0.717) is 24.2 Å². The van der Waals surface area contributed by atoms with Crippen molar-refractivity contribution in [3.8, 4) is 0 Å². The highest BCUT2D eigenvalue weighted by Gasteiger charge is 2.22. The van der Waals surface area contributed by atoms with Crippen molar-refractivity contribution in [3.63, 3.8) is 0 Å². The fourth-order valence-corrected chi connectivity index (χ4v) is 8.70. The molecule has 58 heavy (non-hydrogen) atoms. The van der Waals surface area contributed by atoms with Gasteiger partial charge in [0.1, 0.15) is 0 Å². The molecule has 4 aromatic carbocycles. The normalized spacial score (nSPS) is 18.6. The van der Waals surface area contributed by atoms with Crippen LogP contribution in [0.2, 0.25) is 0 Å². The van der Waals surface area contributed by atoms with Gasteiger partial charge in [-0.2, -0.15) is 0 Å². The highest BCUT2D eigenvalue weighted by Crippen LogP contribution is 2.28. The van der Waals surface area contributed by atoms with E-state index in [-0.39, 0.29) is 0 Å². The highest BCUT2D eigenvalue weighted by atomic mass is 15.3. The summed E-state index contributed by atoms with van der Waals surface area (Å²) in [5, 5.41) is 0. The van der Waals surface area contributed by atoms with Crippen LogP contribution in [0.4, 0.5) is 11.4 Å². The fourth-order valence-electron chi connectivity index (χ4n) is 8.70. The quantitative estimate of drug-likeness (QED) is 0.185. The summed E-state index contributed by atoms with van der Waals surface area (Å²) in [6.45, 7) is 32.5. The fraction of sp³-hybridized carbons (Fsp3) is 0.538. The van der Waals surface area contributed by atoms with Crippen molar-refractivity contribution in [2.45, 2.75) is 111 Å². The number of anilines is 2. The number of hydrogen-bond acceptors (Lipinski definition) is 6. The zero-order valence-corrected chi connectivity index (χ0v) is 37.6. The Balaban J connectivity index is 0.000000147. The Morgan fingerprint density at radius 3 is 1.14 bits per heavy atom. The van der Waals surface area contributed by atoms with Gasteiger partial charge in [0.2, 0.25) is 0 Å². The van der Waals surface area contributed by atoms with Gasteiger partial charge in [-0.3, -0.25) is 14.7 Å². The monoisotopic (exact) mass is 787 g/mol. The zero-order valence-electron chi connectivity index (χ0n) is 37.6. The maximum absolute atomic E-state index is 2.58. The van der Waals surface area contributed by atoms with E-state index < -0.39 is 0 Å². The Hall–Kier alpha value is -3.68. The van der Waals surface area contributed by atoms with Crippen LogP contribution in [0.15, 0.2) is 115 Å². The first kappa shape index (κ1) is 45.4. The minimum atomic E-state index is 0.674. The molecule has 0 aromatic heterocycles. The standard InChI is InChI=1S/C14H21N.2C13H20N2.C12H17N/c1-12(2)15-10-8-14(9-11-15)13-6-4-3-5-7-13;2*1-12(2)14-8-10-15(11-9-14)13-6-4-3-5-7-13;1-10(2)13-8-7-11-5-3-4-6-12(11)9-13/h3-7,12,14H,8-11H2,1-2H3;2*3-7,12H,8-11H2,1-2H3;3-6,10H,7-9H2,1-2H3. The predicted octanol–water partition coefficient (Wildman–Crippen LogP) is 10.2. The molecule has 4 aliphatic rings. The second-order valence-electron chi connectivity index (χ2n) is 17.8. The molecule has 3 fully saturated rings. The molecular formula is C52H78N6. The molecule has 6 heteroatoms. The minimum absolute atomic E-state index is 0.674. The maximum Gasteiger partial charge on any atom is 0.0367 e. The van der Waals surface area contributed by atoms with Crippen molar-refractivity contribution in [2.75, 3.05) is 81.8 Å². The summed E-state index contributed by atoms with van der Waals surface area (Å²) < 4.78 is 0. The average Bonchev–Trinajstić information content (AvgIpc) is 3.28. The van der Waals surface area contributed by atoms with Crippen LogP contribution >= 0.6 is 0 Å². The van der Waals surface area contributed by atoms with Gasteiger partial charge in [-0.1, -0.05) is 91.0 Å². The van der Waals surface area contributed by atoms with Gasteiger partial charge >= 0.3 is 0 Å². The number of likely N-dealkylation sites (tertiary alicyclic amines) is 1. The van der Waals surface area contributed by atoms with Gasteiger partial charge in [0.05, 0.1) is 0 Å². The summed E-state index contributed by atoms with van der Waals surface area (Å²) >= 11 is 0. The maximum atomic E-state index is 2.58. The van der Waals surface area contributed by atoms with Crippen LogP contribution in [-0.2, 0) is 13.0 Å². The number of fused-ring (bicyclic) bond motifs is 1. The molecule has 0 unspecified atom stereocenters. The predicted molar refractivity (Wildman–Crippen MR) is 252 cm³/mol. The molecule has 0 radical (unpaired) electrons. The largest absolute Gasteiger partial charge is 0.369 e. The molecule has 0 amide bonds. The van der Waals surface area contributed by atoms with Gasteiger partial charge in [-0.05, 0) is 135 Å². The van der Waals surface area contributed by atoms with Crippen LogP contribution < -0.4 is 9.80 Å². The van der Waals surface area contributed by atoms with Gasteiger partial charge in [0.25, 0.3) is 0 Å². The van der Waals surface area contributed by atoms with Crippen LogP contribution in [0.5, 0.6) is 0 Å². The first-order chi connectivity index (χ1) is 28.1. The lowest BCUT2D eigenvalue weighted by atomic mass is 9.89. The van der Waals surface area contributed by atoms with E-state index in [4.69, 9.17) is 0 Å². The summed E-state index contributed by atoms with van der Waals surface area (Å²) in [4.78, 5) is 15.1. The van der Waals surface area contributed by atoms with Gasteiger partial charge in [0.15, 0.2) is 0 Å². The smallest absolute Gasteiger partial charge is 0.0367 e. The van der Waals surface area contributed by atoms with Crippen molar-refractivity contribution in [1.82, 2.24) is 19.6 Å².